The molecule has 6 nitrogen and oxygen atoms in total. The van der Waals surface area contributed by atoms with E-state index in [1.54, 1.807) is 4.68 Å². The molecule has 0 fully saturated rings. The van der Waals surface area contributed by atoms with Gasteiger partial charge in [-0.25, -0.2) is 0 Å². The quantitative estimate of drug-likeness (QED) is 0.866. The lowest BCUT2D eigenvalue weighted by atomic mass is 10.3. The molecule has 0 saturated heterocycles. The van der Waals surface area contributed by atoms with Crippen LogP contribution in [0.15, 0.2) is 10.6 Å². The fraction of sp³-hybridized carbons (Fsp3) is 0.455. The lowest BCUT2D eigenvalue weighted by molar-refractivity contribution is 0.390. The Morgan fingerprint density at radius 2 is 2.18 bits per heavy atom. The second-order valence-corrected chi connectivity index (χ2v) is 4.23. The zero-order valence-electron chi connectivity index (χ0n) is 10.6. The number of nitrogens with two attached hydrogens (primary N) is 1. The molecule has 17 heavy (non-hydrogen) atoms. The molecule has 2 heterocycles. The van der Waals surface area contributed by atoms with Crippen molar-refractivity contribution < 1.29 is 4.52 Å². The molecule has 0 aromatic carbocycles. The zero-order valence-corrected chi connectivity index (χ0v) is 10.6. The number of anilines is 2. The van der Waals surface area contributed by atoms with Gasteiger partial charge < -0.3 is 15.2 Å². The zero-order chi connectivity index (χ0) is 12.6. The Morgan fingerprint density at radius 1 is 1.47 bits per heavy atom. The van der Waals surface area contributed by atoms with Gasteiger partial charge in [0.25, 0.3) is 0 Å². The van der Waals surface area contributed by atoms with Gasteiger partial charge in [0.1, 0.15) is 17.3 Å². The highest BCUT2D eigenvalue weighted by atomic mass is 16.5. The number of nitrogen functional groups attached to an aromatic ring is 1. The molecule has 0 atom stereocenters. The van der Waals surface area contributed by atoms with Gasteiger partial charge in [0.05, 0.1) is 17.9 Å². The summed E-state index contributed by atoms with van der Waals surface area (Å²) in [5.41, 5.74) is 8.41. The number of hydrogen-bond donors (Lipinski definition) is 1. The van der Waals surface area contributed by atoms with E-state index in [0.717, 1.165) is 23.0 Å². The van der Waals surface area contributed by atoms with Crippen LogP contribution in [0.25, 0.3) is 0 Å². The van der Waals surface area contributed by atoms with Gasteiger partial charge in [-0.15, -0.1) is 0 Å². The van der Waals surface area contributed by atoms with Crippen molar-refractivity contribution in [3.05, 3.63) is 23.2 Å². The molecule has 2 rings (SSSR count). The SMILES string of the molecule is Cc1cc(CN(C)c2c(N)c(C)nn2C)no1. The maximum absolute atomic E-state index is 5.99. The fourth-order valence-corrected chi connectivity index (χ4v) is 1.93. The summed E-state index contributed by atoms with van der Waals surface area (Å²) in [5.74, 6) is 1.70. The minimum Gasteiger partial charge on any atom is -0.394 e. The molecule has 2 aromatic heterocycles. The Labute approximate surface area is 100.0 Å². The smallest absolute Gasteiger partial charge is 0.150 e. The highest BCUT2D eigenvalue weighted by molar-refractivity contribution is 5.65. The molecule has 2 N–H and O–H groups in total. The summed E-state index contributed by atoms with van der Waals surface area (Å²) in [6, 6.07) is 1.91. The number of hydrogen-bond acceptors (Lipinski definition) is 5. The van der Waals surface area contributed by atoms with E-state index in [1.165, 1.54) is 0 Å². The maximum Gasteiger partial charge on any atom is 0.150 e. The normalized spacial score (nSPS) is 10.8. The minimum absolute atomic E-state index is 0.639. The van der Waals surface area contributed by atoms with Crippen molar-refractivity contribution in [1.82, 2.24) is 14.9 Å². The van der Waals surface area contributed by atoms with Crippen molar-refractivity contribution >= 4 is 11.5 Å². The van der Waals surface area contributed by atoms with Gasteiger partial charge in [0.15, 0.2) is 0 Å². The second-order valence-electron chi connectivity index (χ2n) is 4.23. The van der Waals surface area contributed by atoms with Crippen LogP contribution in [-0.4, -0.2) is 22.0 Å². The summed E-state index contributed by atoms with van der Waals surface area (Å²) in [7, 11) is 3.83. The first-order valence-electron chi connectivity index (χ1n) is 5.41. The van der Waals surface area contributed by atoms with Crippen LogP contribution in [-0.2, 0) is 13.6 Å². The Balaban J connectivity index is 2.22. The maximum atomic E-state index is 5.99. The molecule has 0 aliphatic heterocycles. The average molecular weight is 235 g/mol. The Kier molecular flexibility index (Phi) is 2.79. The lowest BCUT2D eigenvalue weighted by Gasteiger charge is -2.18. The van der Waals surface area contributed by atoms with E-state index in [-0.39, 0.29) is 0 Å². The first kappa shape index (κ1) is 11.5. The van der Waals surface area contributed by atoms with Crippen LogP contribution < -0.4 is 10.6 Å². The Morgan fingerprint density at radius 3 is 2.65 bits per heavy atom. The minimum atomic E-state index is 0.639. The highest BCUT2D eigenvalue weighted by Gasteiger charge is 2.15. The topological polar surface area (TPSA) is 73.1 Å². The monoisotopic (exact) mass is 235 g/mol. The molecule has 0 unspecified atom stereocenters. The first-order valence-corrected chi connectivity index (χ1v) is 5.41. The van der Waals surface area contributed by atoms with E-state index >= 15 is 0 Å². The molecular formula is C11H17N5O. The van der Waals surface area contributed by atoms with E-state index in [0.29, 0.717) is 12.2 Å². The third-order valence-corrected chi connectivity index (χ3v) is 2.67. The van der Waals surface area contributed by atoms with Gasteiger partial charge in [-0.2, -0.15) is 5.10 Å². The summed E-state index contributed by atoms with van der Waals surface area (Å²) < 4.78 is 6.81. The standard InChI is InChI=1S/C11H17N5O/c1-7-5-9(14-17-7)6-15(3)11-10(12)8(2)13-16(11)4/h5H,6,12H2,1-4H3. The molecule has 0 aliphatic rings. The van der Waals surface area contributed by atoms with Crippen LogP contribution in [0.3, 0.4) is 0 Å². The summed E-state index contributed by atoms with van der Waals surface area (Å²) in [4.78, 5) is 2.01. The van der Waals surface area contributed by atoms with Gasteiger partial charge in [-0.1, -0.05) is 5.16 Å². The van der Waals surface area contributed by atoms with Gasteiger partial charge in [0, 0.05) is 20.2 Å². The molecule has 0 amide bonds. The number of aryl methyl sites for hydroxylation is 3. The lowest BCUT2D eigenvalue weighted by Crippen LogP contribution is -2.20. The molecule has 6 heteroatoms. The van der Waals surface area contributed by atoms with Crippen molar-refractivity contribution in [2.75, 3.05) is 17.7 Å². The Hall–Kier alpha value is -1.98. The molecule has 0 bridgehead atoms. The summed E-state index contributed by atoms with van der Waals surface area (Å²) >= 11 is 0. The van der Waals surface area contributed by atoms with Crippen molar-refractivity contribution in [3.63, 3.8) is 0 Å². The predicted molar refractivity (Wildman–Crippen MR) is 65.7 cm³/mol. The van der Waals surface area contributed by atoms with E-state index in [1.807, 2.05) is 38.9 Å². The molecule has 0 radical (unpaired) electrons. The molecule has 2 aromatic rings. The van der Waals surface area contributed by atoms with Crippen LogP contribution in [0.2, 0.25) is 0 Å². The van der Waals surface area contributed by atoms with Crippen molar-refractivity contribution in [2.24, 2.45) is 7.05 Å². The summed E-state index contributed by atoms with van der Waals surface area (Å²) in [6.07, 6.45) is 0. The van der Waals surface area contributed by atoms with Crippen molar-refractivity contribution in [1.29, 1.82) is 0 Å². The van der Waals surface area contributed by atoms with Crippen molar-refractivity contribution in [3.8, 4) is 0 Å². The predicted octanol–water partition coefficient (Wildman–Crippen LogP) is 1.24. The van der Waals surface area contributed by atoms with Crippen molar-refractivity contribution in [2.45, 2.75) is 20.4 Å². The van der Waals surface area contributed by atoms with E-state index in [4.69, 9.17) is 10.3 Å². The summed E-state index contributed by atoms with van der Waals surface area (Å²) in [6.45, 7) is 4.41. The van der Waals surface area contributed by atoms with Crippen LogP contribution in [0.1, 0.15) is 17.1 Å². The average Bonchev–Trinajstić information content (AvgIpc) is 2.73. The fourth-order valence-electron chi connectivity index (χ4n) is 1.93. The van der Waals surface area contributed by atoms with Crippen LogP contribution in [0.5, 0.6) is 0 Å². The van der Waals surface area contributed by atoms with Gasteiger partial charge >= 0.3 is 0 Å². The van der Waals surface area contributed by atoms with Gasteiger partial charge in [-0.3, -0.25) is 4.68 Å². The number of nitrogens with zero attached hydrogens (tertiary/aromatic N) is 4. The van der Waals surface area contributed by atoms with E-state index in [2.05, 4.69) is 10.3 Å². The third kappa shape index (κ3) is 2.11. The summed E-state index contributed by atoms with van der Waals surface area (Å²) in [5, 5.41) is 8.24. The van der Waals surface area contributed by atoms with Gasteiger partial charge in [0.2, 0.25) is 0 Å². The van der Waals surface area contributed by atoms with Crippen LogP contribution in [0, 0.1) is 13.8 Å². The number of aromatic nitrogens is 3. The largest absolute Gasteiger partial charge is 0.394 e. The van der Waals surface area contributed by atoms with E-state index in [9.17, 15) is 0 Å². The molecule has 0 aliphatic carbocycles. The molecular weight excluding hydrogens is 218 g/mol. The third-order valence-electron chi connectivity index (χ3n) is 2.67. The van der Waals surface area contributed by atoms with Crippen LogP contribution in [0.4, 0.5) is 11.5 Å². The number of rotatable bonds is 3. The molecule has 92 valence electrons. The van der Waals surface area contributed by atoms with Crippen LogP contribution >= 0.6 is 0 Å². The molecule has 0 saturated carbocycles. The Bertz CT molecular complexity index is 528. The van der Waals surface area contributed by atoms with Gasteiger partial charge in [-0.05, 0) is 13.8 Å². The second kappa shape index (κ2) is 4.12. The van der Waals surface area contributed by atoms with E-state index < -0.39 is 0 Å². The first-order chi connectivity index (χ1) is 7.99. The molecule has 0 spiro atoms. The highest BCUT2D eigenvalue weighted by Crippen LogP contribution is 2.25.